The number of nitrogens with two attached hydrogens (primary N) is 1. The van der Waals surface area contributed by atoms with Crippen LogP contribution in [-0.2, 0) is 0 Å². The zero-order valence-corrected chi connectivity index (χ0v) is 11.1. The lowest BCUT2D eigenvalue weighted by Gasteiger charge is -2.25. The minimum absolute atomic E-state index is 0.0478. The molecule has 0 unspecified atom stereocenters. The summed E-state index contributed by atoms with van der Waals surface area (Å²) in [4.78, 5) is 20.8. The number of nitrogens with one attached hydrogen (secondary N) is 1. The van der Waals surface area contributed by atoms with E-state index in [4.69, 9.17) is 5.84 Å². The topological polar surface area (TPSA) is 110 Å². The molecule has 0 atom stereocenters. The Hall–Kier alpha value is -1.96. The first-order valence-electron chi connectivity index (χ1n) is 6.27. The third kappa shape index (κ3) is 2.58. The second-order valence-electron chi connectivity index (χ2n) is 4.76. The summed E-state index contributed by atoms with van der Waals surface area (Å²) >= 11 is 0. The first kappa shape index (κ1) is 13.5. The molecule has 1 aromatic heterocycles. The first-order valence-corrected chi connectivity index (χ1v) is 6.27. The van der Waals surface area contributed by atoms with Crippen LogP contribution in [0.15, 0.2) is 0 Å². The van der Waals surface area contributed by atoms with Gasteiger partial charge in [0.15, 0.2) is 0 Å². The van der Waals surface area contributed by atoms with Crippen molar-refractivity contribution in [3.8, 4) is 0 Å². The lowest BCUT2D eigenvalue weighted by molar-refractivity contribution is -0.385. The van der Waals surface area contributed by atoms with Gasteiger partial charge in [-0.05, 0) is 19.8 Å². The van der Waals surface area contributed by atoms with Crippen molar-refractivity contribution in [3.05, 3.63) is 15.8 Å². The quantitative estimate of drug-likeness (QED) is 0.481. The molecule has 104 valence electrons. The van der Waals surface area contributed by atoms with Crippen molar-refractivity contribution in [1.82, 2.24) is 9.97 Å². The summed E-state index contributed by atoms with van der Waals surface area (Å²) in [5, 5.41) is 11.2. The Labute approximate surface area is 111 Å². The Morgan fingerprint density at radius 3 is 2.58 bits per heavy atom. The summed E-state index contributed by atoms with van der Waals surface area (Å²) in [7, 11) is 1.84. The molecule has 1 aliphatic rings. The van der Waals surface area contributed by atoms with Crippen LogP contribution in [-0.4, -0.2) is 28.0 Å². The van der Waals surface area contributed by atoms with E-state index in [0.29, 0.717) is 17.6 Å². The number of rotatable bonds is 4. The monoisotopic (exact) mass is 266 g/mol. The lowest BCUT2D eigenvalue weighted by Crippen LogP contribution is -2.31. The number of aromatic nitrogens is 2. The predicted molar refractivity (Wildman–Crippen MR) is 71.9 cm³/mol. The van der Waals surface area contributed by atoms with Gasteiger partial charge in [-0.15, -0.1) is 0 Å². The van der Waals surface area contributed by atoms with Crippen LogP contribution in [0.1, 0.15) is 31.4 Å². The van der Waals surface area contributed by atoms with E-state index in [1.807, 2.05) is 11.9 Å². The van der Waals surface area contributed by atoms with Crippen LogP contribution in [0.2, 0.25) is 0 Å². The van der Waals surface area contributed by atoms with Crippen LogP contribution < -0.4 is 16.2 Å². The van der Waals surface area contributed by atoms with Crippen molar-refractivity contribution < 1.29 is 4.92 Å². The summed E-state index contributed by atoms with van der Waals surface area (Å²) in [6.45, 7) is 1.59. The average molecular weight is 266 g/mol. The predicted octanol–water partition coefficient (Wildman–Crippen LogP) is 1.36. The molecule has 3 N–H and O–H groups in total. The molecule has 1 saturated carbocycles. The Bertz CT molecular complexity index is 486. The highest BCUT2D eigenvalue weighted by Gasteiger charge is 2.29. The van der Waals surface area contributed by atoms with Gasteiger partial charge in [0.1, 0.15) is 5.69 Å². The Morgan fingerprint density at radius 2 is 2.05 bits per heavy atom. The van der Waals surface area contributed by atoms with Crippen molar-refractivity contribution in [2.24, 2.45) is 5.84 Å². The highest BCUT2D eigenvalue weighted by atomic mass is 16.6. The SMILES string of the molecule is Cc1nc(NN)nc(N(C)C2CCCC2)c1[N+](=O)[O-]. The summed E-state index contributed by atoms with van der Waals surface area (Å²) in [5.74, 6) is 5.83. The van der Waals surface area contributed by atoms with Crippen molar-refractivity contribution in [3.63, 3.8) is 0 Å². The molecule has 0 radical (unpaired) electrons. The molecule has 8 nitrogen and oxygen atoms in total. The second kappa shape index (κ2) is 5.35. The fraction of sp³-hybridized carbons (Fsp3) is 0.636. The Balaban J connectivity index is 2.45. The molecule has 1 fully saturated rings. The van der Waals surface area contributed by atoms with E-state index >= 15 is 0 Å². The molecule has 0 spiro atoms. The smallest absolute Gasteiger partial charge is 0.332 e. The number of nitro groups is 1. The minimum Gasteiger partial charge on any atom is -0.351 e. The van der Waals surface area contributed by atoms with Gasteiger partial charge in [0.25, 0.3) is 0 Å². The molecule has 19 heavy (non-hydrogen) atoms. The number of hydrogen-bond donors (Lipinski definition) is 2. The van der Waals surface area contributed by atoms with Gasteiger partial charge < -0.3 is 4.90 Å². The normalized spacial score (nSPS) is 15.5. The van der Waals surface area contributed by atoms with Gasteiger partial charge in [-0.1, -0.05) is 12.8 Å². The average Bonchev–Trinajstić information content (AvgIpc) is 2.90. The van der Waals surface area contributed by atoms with Crippen LogP contribution in [0.25, 0.3) is 0 Å². The number of nitrogens with zero attached hydrogens (tertiary/aromatic N) is 4. The Kier molecular flexibility index (Phi) is 3.79. The van der Waals surface area contributed by atoms with Crippen molar-refractivity contribution in [2.75, 3.05) is 17.4 Å². The maximum atomic E-state index is 11.2. The molecule has 8 heteroatoms. The molecule has 0 aromatic carbocycles. The van der Waals surface area contributed by atoms with Gasteiger partial charge in [-0.25, -0.2) is 10.8 Å². The molecule has 1 aliphatic carbocycles. The minimum atomic E-state index is -0.434. The number of hydrogen-bond acceptors (Lipinski definition) is 7. The van der Waals surface area contributed by atoms with Crippen molar-refractivity contribution >= 4 is 17.5 Å². The molecule has 1 aromatic rings. The zero-order valence-electron chi connectivity index (χ0n) is 11.1. The van der Waals surface area contributed by atoms with Crippen LogP contribution in [0.3, 0.4) is 0 Å². The third-order valence-corrected chi connectivity index (χ3v) is 3.56. The van der Waals surface area contributed by atoms with Crippen LogP contribution >= 0.6 is 0 Å². The summed E-state index contributed by atoms with van der Waals surface area (Å²) < 4.78 is 0. The maximum absolute atomic E-state index is 11.2. The van der Waals surface area contributed by atoms with E-state index in [2.05, 4.69) is 15.4 Å². The molecular formula is C11H18N6O2. The van der Waals surface area contributed by atoms with E-state index in [9.17, 15) is 10.1 Å². The highest BCUT2D eigenvalue weighted by molar-refractivity contribution is 5.62. The number of nitrogen functional groups attached to an aromatic ring is 1. The fourth-order valence-corrected chi connectivity index (χ4v) is 2.54. The van der Waals surface area contributed by atoms with Crippen LogP contribution in [0.4, 0.5) is 17.5 Å². The fourth-order valence-electron chi connectivity index (χ4n) is 2.54. The summed E-state index contributed by atoms with van der Waals surface area (Å²) in [6.07, 6.45) is 4.36. The molecule has 0 bridgehead atoms. The van der Waals surface area contributed by atoms with Gasteiger partial charge >= 0.3 is 5.69 Å². The lowest BCUT2D eigenvalue weighted by atomic mass is 10.2. The van der Waals surface area contributed by atoms with E-state index in [1.165, 1.54) is 0 Å². The van der Waals surface area contributed by atoms with Crippen molar-refractivity contribution in [1.29, 1.82) is 0 Å². The number of hydrazine groups is 1. The third-order valence-electron chi connectivity index (χ3n) is 3.56. The molecular weight excluding hydrogens is 248 g/mol. The first-order chi connectivity index (χ1) is 9.04. The number of aryl methyl sites for hydroxylation is 1. The van der Waals surface area contributed by atoms with Gasteiger partial charge in [0.05, 0.1) is 4.92 Å². The Morgan fingerprint density at radius 1 is 1.42 bits per heavy atom. The molecule has 2 rings (SSSR count). The summed E-state index contributed by atoms with van der Waals surface area (Å²) in [5.41, 5.74) is 2.61. The van der Waals surface area contributed by atoms with Crippen molar-refractivity contribution in [2.45, 2.75) is 38.6 Å². The number of anilines is 2. The van der Waals surface area contributed by atoms with Gasteiger partial charge in [-0.2, -0.15) is 4.98 Å². The zero-order chi connectivity index (χ0) is 14.0. The molecule has 1 heterocycles. The maximum Gasteiger partial charge on any atom is 0.332 e. The molecule has 0 saturated heterocycles. The molecule has 0 aliphatic heterocycles. The van der Waals surface area contributed by atoms with Gasteiger partial charge in [0.2, 0.25) is 11.8 Å². The van der Waals surface area contributed by atoms with Gasteiger partial charge in [-0.3, -0.25) is 15.5 Å². The largest absolute Gasteiger partial charge is 0.351 e. The van der Waals surface area contributed by atoms with Gasteiger partial charge in [0, 0.05) is 13.1 Å². The van der Waals surface area contributed by atoms with E-state index in [-0.39, 0.29) is 11.6 Å². The van der Waals surface area contributed by atoms with E-state index < -0.39 is 4.92 Å². The van der Waals surface area contributed by atoms with E-state index in [0.717, 1.165) is 25.7 Å². The van der Waals surface area contributed by atoms with Crippen LogP contribution in [0, 0.1) is 17.0 Å². The highest BCUT2D eigenvalue weighted by Crippen LogP contribution is 2.33. The van der Waals surface area contributed by atoms with E-state index in [1.54, 1.807) is 6.92 Å². The summed E-state index contributed by atoms with van der Waals surface area (Å²) in [6, 6.07) is 0.290. The standard InChI is InChI=1S/C11H18N6O2/c1-7-9(17(18)19)10(14-11(13-7)15-12)16(2)8-5-3-4-6-8/h8H,3-6,12H2,1-2H3,(H,13,14,15). The van der Waals surface area contributed by atoms with Crippen LogP contribution in [0.5, 0.6) is 0 Å². The second-order valence-corrected chi connectivity index (χ2v) is 4.76. The molecule has 0 amide bonds.